The normalized spacial score (nSPS) is 11.8. The molecule has 130 valence electrons. The summed E-state index contributed by atoms with van der Waals surface area (Å²) in [5.74, 6) is -2.37. The van der Waals surface area contributed by atoms with Gasteiger partial charge < -0.3 is 4.74 Å². The average Bonchev–Trinajstić information content (AvgIpc) is 2.51. The van der Waals surface area contributed by atoms with Gasteiger partial charge in [0.15, 0.2) is 11.6 Å². The number of ether oxygens (including phenoxy) is 1. The van der Waals surface area contributed by atoms with Crippen LogP contribution in [-0.4, -0.2) is 0 Å². The van der Waals surface area contributed by atoms with Gasteiger partial charge >= 0.3 is 6.11 Å². The SMILES string of the molecule is CCCc1ccc(C(F)(F)Oc2ccc(C)c(C(F)F)c2F)cc1. The molecule has 0 fully saturated rings. The molecule has 2 aromatic rings. The molecule has 0 aliphatic carbocycles. The Labute approximate surface area is 137 Å². The first-order valence-electron chi connectivity index (χ1n) is 7.49. The van der Waals surface area contributed by atoms with Gasteiger partial charge in [-0.1, -0.05) is 31.5 Å². The third-order valence-corrected chi connectivity index (χ3v) is 3.65. The molecule has 6 heteroatoms. The van der Waals surface area contributed by atoms with Crippen molar-refractivity contribution in [3.8, 4) is 5.75 Å². The fourth-order valence-corrected chi connectivity index (χ4v) is 2.37. The molecule has 0 N–H and O–H groups in total. The van der Waals surface area contributed by atoms with E-state index in [9.17, 15) is 22.0 Å². The first-order valence-corrected chi connectivity index (χ1v) is 7.49. The number of aryl methyl sites for hydroxylation is 2. The van der Waals surface area contributed by atoms with Crippen molar-refractivity contribution in [1.82, 2.24) is 0 Å². The summed E-state index contributed by atoms with van der Waals surface area (Å²) in [6.07, 6.45) is -5.33. The van der Waals surface area contributed by atoms with Gasteiger partial charge in [-0.15, -0.1) is 0 Å². The number of rotatable bonds is 6. The van der Waals surface area contributed by atoms with E-state index in [0.717, 1.165) is 30.5 Å². The van der Waals surface area contributed by atoms with Gasteiger partial charge in [-0.2, -0.15) is 8.78 Å². The zero-order valence-corrected chi connectivity index (χ0v) is 13.3. The molecule has 2 rings (SSSR count). The van der Waals surface area contributed by atoms with Crippen molar-refractivity contribution in [3.05, 3.63) is 64.5 Å². The van der Waals surface area contributed by atoms with Gasteiger partial charge in [0, 0.05) is 0 Å². The lowest BCUT2D eigenvalue weighted by Gasteiger charge is -2.20. The van der Waals surface area contributed by atoms with E-state index in [1.165, 1.54) is 31.2 Å². The van der Waals surface area contributed by atoms with Gasteiger partial charge in [-0.25, -0.2) is 13.2 Å². The predicted molar refractivity (Wildman–Crippen MR) is 81.1 cm³/mol. The summed E-state index contributed by atoms with van der Waals surface area (Å²) >= 11 is 0. The van der Waals surface area contributed by atoms with E-state index in [2.05, 4.69) is 4.74 Å². The molecule has 0 radical (unpaired) electrons. The van der Waals surface area contributed by atoms with E-state index in [1.54, 1.807) is 0 Å². The number of halogens is 5. The Morgan fingerprint density at radius 2 is 1.67 bits per heavy atom. The fourth-order valence-electron chi connectivity index (χ4n) is 2.37. The van der Waals surface area contributed by atoms with Crippen molar-refractivity contribution in [1.29, 1.82) is 0 Å². The maximum atomic E-state index is 14.2. The van der Waals surface area contributed by atoms with Gasteiger partial charge in [-0.3, -0.25) is 0 Å². The van der Waals surface area contributed by atoms with Crippen molar-refractivity contribution in [2.45, 2.75) is 39.2 Å². The minimum absolute atomic E-state index is 0.0258. The molecule has 0 saturated carbocycles. The zero-order chi connectivity index (χ0) is 17.9. The van der Waals surface area contributed by atoms with Gasteiger partial charge in [0.25, 0.3) is 6.43 Å². The van der Waals surface area contributed by atoms with Crippen molar-refractivity contribution in [2.75, 3.05) is 0 Å². The van der Waals surface area contributed by atoms with Crippen LogP contribution in [-0.2, 0) is 12.5 Å². The summed E-state index contributed by atoms with van der Waals surface area (Å²) in [5.41, 5.74) is -0.539. The topological polar surface area (TPSA) is 9.23 Å². The maximum Gasteiger partial charge on any atom is 0.426 e. The first kappa shape index (κ1) is 18.2. The minimum Gasteiger partial charge on any atom is -0.426 e. The summed E-state index contributed by atoms with van der Waals surface area (Å²) < 4.78 is 72.6. The van der Waals surface area contributed by atoms with E-state index in [-0.39, 0.29) is 5.56 Å². The Hall–Kier alpha value is -2.11. The van der Waals surface area contributed by atoms with E-state index in [0.29, 0.717) is 0 Å². The molecule has 2 aromatic carbocycles. The summed E-state index contributed by atoms with van der Waals surface area (Å²) in [6.45, 7) is 3.24. The molecule has 24 heavy (non-hydrogen) atoms. The average molecular weight is 344 g/mol. The van der Waals surface area contributed by atoms with Crippen LogP contribution in [0.4, 0.5) is 22.0 Å². The number of hydrogen-bond donors (Lipinski definition) is 0. The molecule has 0 amide bonds. The maximum absolute atomic E-state index is 14.2. The smallest absolute Gasteiger partial charge is 0.426 e. The highest BCUT2D eigenvalue weighted by atomic mass is 19.3. The van der Waals surface area contributed by atoms with Crippen LogP contribution >= 0.6 is 0 Å². The summed E-state index contributed by atoms with van der Waals surface area (Å²) in [6, 6.07) is 7.49. The van der Waals surface area contributed by atoms with E-state index < -0.39 is 35.2 Å². The standard InChI is InChI=1S/C18H17F5O/c1-3-4-12-6-8-13(9-7-12)18(22,23)24-14-10-5-11(2)15(16(14)19)17(20)21/h5-10,17H,3-4H2,1-2H3. The molecule has 0 bridgehead atoms. The summed E-state index contributed by atoms with van der Waals surface area (Å²) in [5, 5.41) is 0. The Balaban J connectivity index is 2.30. The number of hydrogen-bond acceptors (Lipinski definition) is 1. The van der Waals surface area contributed by atoms with E-state index in [1.807, 2.05) is 6.92 Å². The van der Waals surface area contributed by atoms with Crippen LogP contribution < -0.4 is 4.74 Å². The molecule has 0 heterocycles. The van der Waals surface area contributed by atoms with E-state index >= 15 is 0 Å². The highest BCUT2D eigenvalue weighted by molar-refractivity contribution is 5.38. The molecule has 0 saturated heterocycles. The Morgan fingerprint density at radius 3 is 2.21 bits per heavy atom. The van der Waals surface area contributed by atoms with Crippen LogP contribution in [0.15, 0.2) is 36.4 Å². The highest BCUT2D eigenvalue weighted by Crippen LogP contribution is 2.37. The quantitative estimate of drug-likeness (QED) is 0.571. The molecule has 0 aliphatic heterocycles. The third kappa shape index (κ3) is 3.86. The first-order chi connectivity index (χ1) is 11.3. The Bertz CT molecular complexity index is 695. The number of alkyl halides is 4. The predicted octanol–water partition coefficient (Wildman–Crippen LogP) is 6.15. The molecule has 0 spiro atoms. The van der Waals surface area contributed by atoms with Crippen LogP contribution in [0.1, 0.15) is 42.0 Å². The lowest BCUT2D eigenvalue weighted by Crippen LogP contribution is -2.22. The van der Waals surface area contributed by atoms with Gasteiger partial charge in [-0.05, 0) is 42.7 Å². The lowest BCUT2D eigenvalue weighted by molar-refractivity contribution is -0.187. The van der Waals surface area contributed by atoms with E-state index in [4.69, 9.17) is 0 Å². The summed E-state index contributed by atoms with van der Waals surface area (Å²) in [4.78, 5) is 0. The minimum atomic E-state index is -3.83. The Morgan fingerprint density at radius 1 is 1.04 bits per heavy atom. The van der Waals surface area contributed by atoms with Crippen molar-refractivity contribution >= 4 is 0 Å². The van der Waals surface area contributed by atoms with Crippen LogP contribution in [0.3, 0.4) is 0 Å². The van der Waals surface area contributed by atoms with Crippen LogP contribution in [0.25, 0.3) is 0 Å². The molecular formula is C18H17F5O. The van der Waals surface area contributed by atoms with Crippen LogP contribution in [0.2, 0.25) is 0 Å². The van der Waals surface area contributed by atoms with Gasteiger partial charge in [0.2, 0.25) is 0 Å². The van der Waals surface area contributed by atoms with Gasteiger partial charge in [0.05, 0.1) is 11.1 Å². The molecule has 1 nitrogen and oxygen atoms in total. The van der Waals surface area contributed by atoms with Crippen LogP contribution in [0, 0.1) is 12.7 Å². The van der Waals surface area contributed by atoms with Crippen molar-refractivity contribution in [2.24, 2.45) is 0 Å². The zero-order valence-electron chi connectivity index (χ0n) is 13.3. The highest BCUT2D eigenvalue weighted by Gasteiger charge is 2.36. The molecule has 0 atom stereocenters. The van der Waals surface area contributed by atoms with Crippen LogP contribution in [0.5, 0.6) is 5.75 Å². The third-order valence-electron chi connectivity index (χ3n) is 3.65. The Kier molecular flexibility index (Phi) is 5.47. The number of benzene rings is 2. The molecule has 0 unspecified atom stereocenters. The largest absolute Gasteiger partial charge is 0.426 e. The lowest BCUT2D eigenvalue weighted by atomic mass is 10.1. The second-order valence-electron chi connectivity index (χ2n) is 5.47. The second kappa shape index (κ2) is 7.20. The summed E-state index contributed by atoms with van der Waals surface area (Å²) in [7, 11) is 0. The van der Waals surface area contributed by atoms with Crippen molar-refractivity contribution in [3.63, 3.8) is 0 Å². The van der Waals surface area contributed by atoms with Gasteiger partial charge in [0.1, 0.15) is 0 Å². The second-order valence-corrected chi connectivity index (χ2v) is 5.47. The molecule has 0 aromatic heterocycles. The fraction of sp³-hybridized carbons (Fsp3) is 0.333. The monoisotopic (exact) mass is 344 g/mol. The van der Waals surface area contributed by atoms with Crippen molar-refractivity contribution < 1.29 is 26.7 Å². The molecular weight excluding hydrogens is 327 g/mol. The molecule has 0 aliphatic rings.